The third-order valence-corrected chi connectivity index (χ3v) is 8.38. The molecular formula is C30H30BrN3O3. The lowest BCUT2D eigenvalue weighted by Crippen LogP contribution is -2.63. The summed E-state index contributed by atoms with van der Waals surface area (Å²) in [7, 11) is 0. The van der Waals surface area contributed by atoms with Gasteiger partial charge in [0, 0.05) is 29.2 Å². The van der Waals surface area contributed by atoms with Gasteiger partial charge in [-0.05, 0) is 36.1 Å². The minimum Gasteiger partial charge on any atom is -0.463 e. The van der Waals surface area contributed by atoms with Gasteiger partial charge in [0.2, 0.25) is 0 Å². The number of aromatic nitrogens is 1. The van der Waals surface area contributed by atoms with Crippen LogP contribution in [0.3, 0.4) is 0 Å². The van der Waals surface area contributed by atoms with Crippen LogP contribution < -0.4 is 5.32 Å². The average Bonchev–Trinajstić information content (AvgIpc) is 3.40. The molecule has 3 heterocycles. The predicted molar refractivity (Wildman–Crippen MR) is 146 cm³/mol. The maximum absolute atomic E-state index is 14.6. The molecule has 190 valence electrons. The molecule has 1 aliphatic heterocycles. The zero-order valence-corrected chi connectivity index (χ0v) is 22.2. The van der Waals surface area contributed by atoms with Crippen LogP contribution >= 0.6 is 15.9 Å². The van der Waals surface area contributed by atoms with E-state index in [2.05, 4.69) is 21.2 Å². The molecular weight excluding hydrogens is 530 g/mol. The van der Waals surface area contributed by atoms with Gasteiger partial charge >= 0.3 is 0 Å². The van der Waals surface area contributed by atoms with E-state index in [1.54, 1.807) is 17.2 Å². The molecule has 1 N–H and O–H groups in total. The largest absolute Gasteiger partial charge is 0.463 e. The number of amides is 2. The molecule has 2 aromatic carbocycles. The Morgan fingerprint density at radius 1 is 1.00 bits per heavy atom. The van der Waals surface area contributed by atoms with Crippen LogP contribution in [0.5, 0.6) is 0 Å². The Labute approximate surface area is 224 Å². The zero-order valence-electron chi connectivity index (χ0n) is 20.7. The predicted octanol–water partition coefficient (Wildman–Crippen LogP) is 6.39. The molecule has 2 aliphatic rings. The summed E-state index contributed by atoms with van der Waals surface area (Å²) in [5.41, 5.74) is 2.56. The van der Waals surface area contributed by atoms with Gasteiger partial charge in [0.05, 0.1) is 18.3 Å². The van der Waals surface area contributed by atoms with Gasteiger partial charge in [-0.15, -0.1) is 0 Å². The number of halogens is 1. The summed E-state index contributed by atoms with van der Waals surface area (Å²) in [6.07, 6.45) is 8.20. The fourth-order valence-electron chi connectivity index (χ4n) is 5.99. The molecule has 1 atom stereocenters. The van der Waals surface area contributed by atoms with Crippen molar-refractivity contribution in [3.05, 3.63) is 94.3 Å². The van der Waals surface area contributed by atoms with Crippen molar-refractivity contribution in [3.63, 3.8) is 0 Å². The Balaban J connectivity index is 1.52. The van der Waals surface area contributed by atoms with Crippen LogP contribution in [-0.2, 0) is 23.4 Å². The number of furan rings is 1. The Morgan fingerprint density at radius 2 is 1.78 bits per heavy atom. The van der Waals surface area contributed by atoms with E-state index >= 15 is 0 Å². The number of rotatable bonds is 5. The number of hydrogen-bond acceptors (Lipinski definition) is 3. The smallest absolute Gasteiger partial charge is 0.272 e. The molecule has 2 aromatic heterocycles. The lowest BCUT2D eigenvalue weighted by molar-refractivity contribution is -0.136. The summed E-state index contributed by atoms with van der Waals surface area (Å²) in [4.78, 5) is 30.6. The van der Waals surface area contributed by atoms with E-state index in [-0.39, 0.29) is 17.9 Å². The van der Waals surface area contributed by atoms with Crippen molar-refractivity contribution in [1.29, 1.82) is 0 Å². The summed E-state index contributed by atoms with van der Waals surface area (Å²) in [6.45, 7) is 0.617. The fraction of sp³-hybridized carbons (Fsp3) is 0.333. The van der Waals surface area contributed by atoms with Crippen molar-refractivity contribution >= 4 is 38.8 Å². The first-order chi connectivity index (χ1) is 18.1. The topological polar surface area (TPSA) is 67.5 Å². The monoisotopic (exact) mass is 559 g/mol. The van der Waals surface area contributed by atoms with Crippen LogP contribution in [0.2, 0.25) is 0 Å². The Kier molecular flexibility index (Phi) is 6.41. The standard InChI is InChI=1S/C30H30BrN3O3/c31-23-12-8-9-21(17-23)19-34-28(35)26-18-27-25(15-16-37-27)33(26)20-30(34,22-10-4-3-5-11-22)29(36)32-24-13-6-1-2-7-14-24/h3-5,8-12,15-18,24H,1-2,6-7,13-14,19-20H2,(H,32,36)/t30-/m0/s1. The first-order valence-electron chi connectivity index (χ1n) is 13.1. The molecule has 0 unspecified atom stereocenters. The average molecular weight is 560 g/mol. The summed E-state index contributed by atoms with van der Waals surface area (Å²) in [5.74, 6) is -0.303. The number of carbonyl (C=O) groups excluding carboxylic acids is 2. The minimum absolute atomic E-state index is 0.110. The normalized spacial score (nSPS) is 20.6. The SMILES string of the molecule is O=C1c2cc3occc3n2C[C@@](C(=O)NC2CCCCCC2)(c2ccccc2)N1Cc1cccc(Br)c1. The van der Waals surface area contributed by atoms with E-state index in [0.29, 0.717) is 24.4 Å². The third-order valence-electron chi connectivity index (χ3n) is 7.88. The Bertz CT molecular complexity index is 1430. The van der Waals surface area contributed by atoms with E-state index in [0.717, 1.165) is 46.8 Å². The molecule has 2 amide bonds. The number of nitrogens with one attached hydrogen (secondary N) is 1. The highest BCUT2D eigenvalue weighted by molar-refractivity contribution is 9.10. The van der Waals surface area contributed by atoms with Gasteiger partial charge in [-0.25, -0.2) is 0 Å². The van der Waals surface area contributed by atoms with Crippen molar-refractivity contribution in [1.82, 2.24) is 14.8 Å². The highest BCUT2D eigenvalue weighted by atomic mass is 79.9. The molecule has 1 saturated carbocycles. The molecule has 0 spiro atoms. The first-order valence-corrected chi connectivity index (χ1v) is 13.9. The summed E-state index contributed by atoms with van der Waals surface area (Å²) in [5, 5.41) is 3.40. The summed E-state index contributed by atoms with van der Waals surface area (Å²) < 4.78 is 8.55. The van der Waals surface area contributed by atoms with Gasteiger partial charge in [0.1, 0.15) is 5.69 Å². The van der Waals surface area contributed by atoms with Crippen LogP contribution in [0, 0.1) is 0 Å². The molecule has 1 fully saturated rings. The van der Waals surface area contributed by atoms with E-state index in [4.69, 9.17) is 4.42 Å². The second-order valence-electron chi connectivity index (χ2n) is 10.2. The van der Waals surface area contributed by atoms with Crippen molar-refractivity contribution < 1.29 is 14.0 Å². The summed E-state index contributed by atoms with van der Waals surface area (Å²) >= 11 is 3.56. The van der Waals surface area contributed by atoms with E-state index in [9.17, 15) is 9.59 Å². The van der Waals surface area contributed by atoms with Crippen LogP contribution in [0.4, 0.5) is 0 Å². The van der Waals surface area contributed by atoms with Crippen LogP contribution in [0.25, 0.3) is 11.1 Å². The van der Waals surface area contributed by atoms with Gasteiger partial charge in [0.15, 0.2) is 11.1 Å². The number of carbonyl (C=O) groups is 2. The number of hydrogen-bond donors (Lipinski definition) is 1. The molecule has 37 heavy (non-hydrogen) atoms. The molecule has 4 aromatic rings. The minimum atomic E-state index is -1.22. The quantitative estimate of drug-likeness (QED) is 0.288. The zero-order chi connectivity index (χ0) is 25.4. The van der Waals surface area contributed by atoms with E-state index < -0.39 is 5.54 Å². The van der Waals surface area contributed by atoms with Crippen LogP contribution in [0.1, 0.15) is 60.1 Å². The van der Waals surface area contributed by atoms with Gasteiger partial charge in [0.25, 0.3) is 11.8 Å². The highest BCUT2D eigenvalue weighted by Gasteiger charge is 2.53. The number of fused-ring (bicyclic) bond motifs is 3. The van der Waals surface area contributed by atoms with E-state index in [1.807, 2.05) is 65.2 Å². The Morgan fingerprint density at radius 3 is 2.54 bits per heavy atom. The lowest BCUT2D eigenvalue weighted by Gasteiger charge is -2.47. The van der Waals surface area contributed by atoms with Gasteiger partial charge in [-0.1, -0.05) is 84.1 Å². The first kappa shape index (κ1) is 24.0. The fourth-order valence-corrected chi connectivity index (χ4v) is 6.44. The molecule has 0 saturated heterocycles. The van der Waals surface area contributed by atoms with Crippen LogP contribution in [-0.4, -0.2) is 27.3 Å². The number of benzene rings is 2. The second-order valence-corrected chi connectivity index (χ2v) is 11.1. The molecule has 7 heteroatoms. The van der Waals surface area contributed by atoms with E-state index in [1.165, 1.54) is 12.8 Å². The maximum Gasteiger partial charge on any atom is 0.272 e. The molecule has 6 rings (SSSR count). The molecule has 6 nitrogen and oxygen atoms in total. The van der Waals surface area contributed by atoms with Gasteiger partial charge in [-0.2, -0.15) is 0 Å². The van der Waals surface area contributed by atoms with Crippen molar-refractivity contribution in [2.24, 2.45) is 0 Å². The maximum atomic E-state index is 14.6. The Hall–Kier alpha value is -3.32. The molecule has 1 aliphatic carbocycles. The van der Waals surface area contributed by atoms with Gasteiger partial charge < -0.3 is 19.2 Å². The van der Waals surface area contributed by atoms with Crippen molar-refractivity contribution in [3.8, 4) is 0 Å². The highest BCUT2D eigenvalue weighted by Crippen LogP contribution is 2.41. The summed E-state index contributed by atoms with van der Waals surface area (Å²) in [6, 6.07) is 21.5. The van der Waals surface area contributed by atoms with Crippen molar-refractivity contribution in [2.75, 3.05) is 0 Å². The molecule has 0 radical (unpaired) electrons. The van der Waals surface area contributed by atoms with Gasteiger partial charge in [-0.3, -0.25) is 9.59 Å². The second kappa shape index (κ2) is 9.86. The lowest BCUT2D eigenvalue weighted by atomic mass is 9.83. The van der Waals surface area contributed by atoms with Crippen molar-refractivity contribution in [2.45, 2.75) is 63.2 Å². The third kappa shape index (κ3) is 4.29. The van der Waals surface area contributed by atoms with Crippen LogP contribution in [0.15, 0.2) is 81.9 Å². The number of nitrogens with zero attached hydrogens (tertiary/aromatic N) is 2. The molecule has 0 bridgehead atoms.